The van der Waals surface area contributed by atoms with Gasteiger partial charge < -0.3 is 10.1 Å². The summed E-state index contributed by atoms with van der Waals surface area (Å²) in [6.45, 7) is 3.85. The molecule has 0 aromatic heterocycles. The normalized spacial score (nSPS) is 10.6. The largest absolute Gasteiger partial charge is 0.496 e. The quantitative estimate of drug-likeness (QED) is 0.680. The zero-order valence-electron chi connectivity index (χ0n) is 14.3. The molecule has 0 aliphatic rings. The maximum atomic E-state index is 5.85. The summed E-state index contributed by atoms with van der Waals surface area (Å²) < 4.78 is 5.85. The molecule has 0 spiro atoms. The lowest BCUT2D eigenvalue weighted by Crippen LogP contribution is -2.13. The van der Waals surface area contributed by atoms with Crippen LogP contribution in [0.3, 0.4) is 0 Å². The smallest absolute Gasteiger partial charge is 0.131 e. The lowest BCUT2D eigenvalue weighted by Gasteiger charge is -2.18. The van der Waals surface area contributed by atoms with E-state index >= 15 is 0 Å². The highest BCUT2D eigenvalue weighted by molar-refractivity contribution is 5.88. The van der Waals surface area contributed by atoms with Crippen molar-refractivity contribution < 1.29 is 4.74 Å². The van der Waals surface area contributed by atoms with Crippen LogP contribution in [-0.2, 0) is 6.54 Å². The lowest BCUT2D eigenvalue weighted by molar-refractivity contribution is 0.410. The zero-order chi connectivity index (χ0) is 16.8. The Morgan fingerprint density at radius 3 is 2.00 bits per heavy atom. The molecule has 1 N–H and O–H groups in total. The van der Waals surface area contributed by atoms with Crippen LogP contribution in [0.15, 0.2) is 72.8 Å². The number of nitrogens with one attached hydrogen (secondary N) is 1. The molecular formula is C22H23NO. The summed E-state index contributed by atoms with van der Waals surface area (Å²) in [5, 5.41) is 3.40. The van der Waals surface area contributed by atoms with Crippen LogP contribution in [0.2, 0.25) is 0 Å². The minimum Gasteiger partial charge on any atom is -0.496 e. The SMILES string of the molecule is CCNCc1ccc(-c2ccccc2)c(-c2ccccc2)c1OC. The summed E-state index contributed by atoms with van der Waals surface area (Å²) in [7, 11) is 1.76. The number of hydrogen-bond donors (Lipinski definition) is 1. The molecule has 2 nitrogen and oxygen atoms in total. The van der Waals surface area contributed by atoms with Crippen molar-refractivity contribution in [2.75, 3.05) is 13.7 Å². The molecule has 0 heterocycles. The van der Waals surface area contributed by atoms with Crippen molar-refractivity contribution in [3.05, 3.63) is 78.4 Å². The van der Waals surface area contributed by atoms with Crippen LogP contribution >= 0.6 is 0 Å². The number of hydrogen-bond acceptors (Lipinski definition) is 2. The number of rotatable bonds is 6. The number of methoxy groups -OCH3 is 1. The van der Waals surface area contributed by atoms with E-state index in [1.807, 2.05) is 12.1 Å². The molecule has 0 aliphatic carbocycles. The second-order valence-electron chi connectivity index (χ2n) is 5.69. The van der Waals surface area contributed by atoms with Crippen LogP contribution in [0.1, 0.15) is 12.5 Å². The molecule has 24 heavy (non-hydrogen) atoms. The van der Waals surface area contributed by atoms with Crippen LogP contribution < -0.4 is 10.1 Å². The second-order valence-corrected chi connectivity index (χ2v) is 5.69. The molecule has 0 amide bonds. The third-order valence-electron chi connectivity index (χ3n) is 4.16. The van der Waals surface area contributed by atoms with E-state index < -0.39 is 0 Å². The first-order valence-electron chi connectivity index (χ1n) is 8.36. The van der Waals surface area contributed by atoms with E-state index in [0.29, 0.717) is 0 Å². The van der Waals surface area contributed by atoms with Crippen molar-refractivity contribution in [3.63, 3.8) is 0 Å². The highest BCUT2D eigenvalue weighted by Gasteiger charge is 2.16. The fourth-order valence-electron chi connectivity index (χ4n) is 3.01. The fourth-order valence-corrected chi connectivity index (χ4v) is 3.01. The molecule has 0 atom stereocenters. The topological polar surface area (TPSA) is 21.3 Å². The molecule has 3 aromatic carbocycles. The Morgan fingerprint density at radius 2 is 1.42 bits per heavy atom. The fraction of sp³-hybridized carbons (Fsp3) is 0.182. The summed E-state index contributed by atoms with van der Waals surface area (Å²) in [5.74, 6) is 0.948. The van der Waals surface area contributed by atoms with Crippen LogP contribution in [0, 0.1) is 0 Å². The van der Waals surface area contributed by atoms with E-state index in [0.717, 1.165) is 24.4 Å². The van der Waals surface area contributed by atoms with Crippen molar-refractivity contribution in [2.45, 2.75) is 13.5 Å². The van der Waals surface area contributed by atoms with Crippen molar-refractivity contribution in [3.8, 4) is 28.0 Å². The monoisotopic (exact) mass is 317 g/mol. The summed E-state index contributed by atoms with van der Waals surface area (Å²) >= 11 is 0. The standard InChI is InChI=1S/C22H23NO/c1-3-23-16-19-14-15-20(17-10-6-4-7-11-17)21(22(19)24-2)18-12-8-5-9-13-18/h4-15,23H,3,16H2,1-2H3. The number of ether oxygens (including phenoxy) is 1. The average Bonchev–Trinajstić information content (AvgIpc) is 2.67. The summed E-state index contributed by atoms with van der Waals surface area (Å²) in [4.78, 5) is 0. The summed E-state index contributed by atoms with van der Waals surface area (Å²) in [6.07, 6.45) is 0. The third kappa shape index (κ3) is 3.34. The van der Waals surface area contributed by atoms with Crippen molar-refractivity contribution >= 4 is 0 Å². The van der Waals surface area contributed by atoms with Gasteiger partial charge in [0.15, 0.2) is 0 Å². The first-order chi connectivity index (χ1) is 11.8. The lowest BCUT2D eigenvalue weighted by atomic mass is 9.91. The molecule has 0 bridgehead atoms. The van der Waals surface area contributed by atoms with Gasteiger partial charge in [0.05, 0.1) is 7.11 Å². The predicted molar refractivity (Wildman–Crippen MR) is 101 cm³/mol. The number of benzene rings is 3. The minimum absolute atomic E-state index is 0.800. The highest BCUT2D eigenvalue weighted by Crippen LogP contribution is 2.41. The van der Waals surface area contributed by atoms with Gasteiger partial charge in [-0.25, -0.2) is 0 Å². The van der Waals surface area contributed by atoms with E-state index in [2.05, 4.69) is 72.9 Å². The van der Waals surface area contributed by atoms with Gasteiger partial charge in [-0.1, -0.05) is 79.7 Å². The van der Waals surface area contributed by atoms with Gasteiger partial charge in [0.25, 0.3) is 0 Å². The van der Waals surface area contributed by atoms with Gasteiger partial charge in [0.1, 0.15) is 5.75 Å². The van der Waals surface area contributed by atoms with Gasteiger partial charge in [0.2, 0.25) is 0 Å². The molecule has 0 radical (unpaired) electrons. The molecule has 0 fully saturated rings. The molecular weight excluding hydrogens is 294 g/mol. The molecule has 122 valence electrons. The van der Waals surface area contributed by atoms with Crippen LogP contribution in [0.5, 0.6) is 5.75 Å². The average molecular weight is 317 g/mol. The van der Waals surface area contributed by atoms with E-state index in [1.165, 1.54) is 22.3 Å². The van der Waals surface area contributed by atoms with E-state index in [-0.39, 0.29) is 0 Å². The van der Waals surface area contributed by atoms with Crippen molar-refractivity contribution in [1.29, 1.82) is 0 Å². The molecule has 2 heteroatoms. The van der Waals surface area contributed by atoms with Crippen LogP contribution in [0.4, 0.5) is 0 Å². The molecule has 0 unspecified atom stereocenters. The van der Waals surface area contributed by atoms with Gasteiger partial charge in [0, 0.05) is 17.7 Å². The first-order valence-corrected chi connectivity index (χ1v) is 8.36. The predicted octanol–water partition coefficient (Wildman–Crippen LogP) is 5.14. The van der Waals surface area contributed by atoms with Gasteiger partial charge in [-0.15, -0.1) is 0 Å². The third-order valence-corrected chi connectivity index (χ3v) is 4.16. The molecule has 0 saturated heterocycles. The van der Waals surface area contributed by atoms with Crippen molar-refractivity contribution in [2.24, 2.45) is 0 Å². The molecule has 0 saturated carbocycles. The van der Waals surface area contributed by atoms with Gasteiger partial charge in [-0.05, 0) is 23.2 Å². The zero-order valence-corrected chi connectivity index (χ0v) is 14.3. The van der Waals surface area contributed by atoms with Crippen molar-refractivity contribution in [1.82, 2.24) is 5.32 Å². The Hall–Kier alpha value is -2.58. The Bertz CT molecular complexity index is 782. The Kier molecular flexibility index (Phi) is 5.29. The van der Waals surface area contributed by atoms with E-state index in [1.54, 1.807) is 7.11 Å². The molecule has 0 aliphatic heterocycles. The Balaban J connectivity index is 2.23. The first kappa shape index (κ1) is 16.3. The van der Waals surface area contributed by atoms with Crippen LogP contribution in [-0.4, -0.2) is 13.7 Å². The highest BCUT2D eigenvalue weighted by atomic mass is 16.5. The Morgan fingerprint density at radius 1 is 0.792 bits per heavy atom. The molecule has 3 rings (SSSR count). The van der Waals surface area contributed by atoms with E-state index in [9.17, 15) is 0 Å². The minimum atomic E-state index is 0.800. The summed E-state index contributed by atoms with van der Waals surface area (Å²) in [5.41, 5.74) is 5.90. The van der Waals surface area contributed by atoms with Gasteiger partial charge in [-0.2, -0.15) is 0 Å². The van der Waals surface area contributed by atoms with E-state index in [4.69, 9.17) is 4.74 Å². The Labute approximate surface area is 144 Å². The molecule has 3 aromatic rings. The van der Waals surface area contributed by atoms with Gasteiger partial charge >= 0.3 is 0 Å². The van der Waals surface area contributed by atoms with Gasteiger partial charge in [-0.3, -0.25) is 0 Å². The second kappa shape index (κ2) is 7.80. The van der Waals surface area contributed by atoms with Crippen LogP contribution in [0.25, 0.3) is 22.3 Å². The summed E-state index contributed by atoms with van der Waals surface area (Å²) in [6, 6.07) is 25.3. The maximum absolute atomic E-state index is 5.85. The maximum Gasteiger partial charge on any atom is 0.131 e.